The van der Waals surface area contributed by atoms with Crippen molar-refractivity contribution in [1.29, 1.82) is 0 Å². The Hall–Kier alpha value is -2.77. The van der Waals surface area contributed by atoms with Gasteiger partial charge in [0, 0.05) is 38.2 Å². The number of nitrogens with zero attached hydrogens (tertiary/aromatic N) is 4. The molecule has 0 radical (unpaired) electrons. The van der Waals surface area contributed by atoms with E-state index >= 15 is 0 Å². The SMILES string of the molecule is COc1cccc(OCC(=O)N2CCC(c3nn(C)c(=O)n3C3CC3)CC2)c1. The van der Waals surface area contributed by atoms with Crippen LogP contribution in [0.5, 0.6) is 11.5 Å². The van der Waals surface area contributed by atoms with Gasteiger partial charge < -0.3 is 14.4 Å². The molecule has 1 saturated carbocycles. The third-order valence-electron chi connectivity index (χ3n) is 5.51. The van der Waals surface area contributed by atoms with Gasteiger partial charge in [0.15, 0.2) is 6.61 Å². The van der Waals surface area contributed by atoms with Crippen LogP contribution < -0.4 is 15.2 Å². The lowest BCUT2D eigenvalue weighted by atomic mass is 9.96. The van der Waals surface area contributed by atoms with Crippen LogP contribution in [0.4, 0.5) is 0 Å². The van der Waals surface area contributed by atoms with Gasteiger partial charge in [-0.1, -0.05) is 6.07 Å². The van der Waals surface area contributed by atoms with Crippen LogP contribution in [0.3, 0.4) is 0 Å². The van der Waals surface area contributed by atoms with E-state index in [0.717, 1.165) is 31.5 Å². The maximum Gasteiger partial charge on any atom is 0.345 e. The van der Waals surface area contributed by atoms with E-state index in [4.69, 9.17) is 9.47 Å². The van der Waals surface area contributed by atoms with Crippen molar-refractivity contribution in [2.75, 3.05) is 26.8 Å². The Morgan fingerprint density at radius 2 is 1.89 bits per heavy atom. The van der Waals surface area contributed by atoms with E-state index in [0.29, 0.717) is 30.6 Å². The summed E-state index contributed by atoms with van der Waals surface area (Å²) in [5.74, 6) is 2.39. The van der Waals surface area contributed by atoms with Crippen LogP contribution in [0.2, 0.25) is 0 Å². The maximum absolute atomic E-state index is 12.5. The zero-order chi connectivity index (χ0) is 19.7. The molecule has 8 nitrogen and oxygen atoms in total. The highest BCUT2D eigenvalue weighted by atomic mass is 16.5. The number of benzene rings is 1. The summed E-state index contributed by atoms with van der Waals surface area (Å²) in [4.78, 5) is 26.7. The number of rotatable bonds is 6. The van der Waals surface area contributed by atoms with Gasteiger partial charge in [-0.15, -0.1) is 0 Å². The van der Waals surface area contributed by atoms with Crippen molar-refractivity contribution in [3.63, 3.8) is 0 Å². The van der Waals surface area contributed by atoms with Crippen molar-refractivity contribution in [3.05, 3.63) is 40.6 Å². The lowest BCUT2D eigenvalue weighted by Crippen LogP contribution is -2.41. The minimum absolute atomic E-state index is 0.00814. The molecule has 150 valence electrons. The summed E-state index contributed by atoms with van der Waals surface area (Å²) in [6, 6.07) is 7.54. The van der Waals surface area contributed by atoms with Gasteiger partial charge in [0.2, 0.25) is 0 Å². The second-order valence-electron chi connectivity index (χ2n) is 7.49. The monoisotopic (exact) mass is 386 g/mol. The van der Waals surface area contributed by atoms with Crippen molar-refractivity contribution in [1.82, 2.24) is 19.2 Å². The Labute approximate surface area is 163 Å². The molecule has 0 unspecified atom stereocenters. The van der Waals surface area contributed by atoms with E-state index in [1.54, 1.807) is 26.3 Å². The molecule has 1 amide bonds. The number of aromatic nitrogens is 3. The molecule has 2 aliphatic rings. The first kappa shape index (κ1) is 18.6. The number of carbonyl (C=O) groups excluding carboxylic acids is 1. The Bertz CT molecular complexity index is 907. The summed E-state index contributed by atoms with van der Waals surface area (Å²) in [6.07, 6.45) is 3.73. The second kappa shape index (κ2) is 7.69. The van der Waals surface area contributed by atoms with E-state index in [-0.39, 0.29) is 24.1 Å². The zero-order valence-corrected chi connectivity index (χ0v) is 16.3. The van der Waals surface area contributed by atoms with Gasteiger partial charge in [-0.25, -0.2) is 9.48 Å². The first-order valence-corrected chi connectivity index (χ1v) is 9.77. The predicted molar refractivity (Wildman–Crippen MR) is 103 cm³/mol. The van der Waals surface area contributed by atoms with Crippen molar-refractivity contribution < 1.29 is 14.3 Å². The van der Waals surface area contributed by atoms with Crippen molar-refractivity contribution in [2.45, 2.75) is 37.6 Å². The molecular weight excluding hydrogens is 360 g/mol. The van der Waals surface area contributed by atoms with E-state index in [1.807, 2.05) is 21.6 Å². The minimum atomic E-state index is -0.0260. The van der Waals surface area contributed by atoms with Gasteiger partial charge in [0.1, 0.15) is 17.3 Å². The Kier molecular flexibility index (Phi) is 5.11. The van der Waals surface area contributed by atoms with Gasteiger partial charge in [0.25, 0.3) is 5.91 Å². The first-order chi connectivity index (χ1) is 13.6. The van der Waals surface area contributed by atoms with Crippen molar-refractivity contribution in [3.8, 4) is 11.5 Å². The molecule has 28 heavy (non-hydrogen) atoms. The molecule has 8 heteroatoms. The van der Waals surface area contributed by atoms with Gasteiger partial charge in [0.05, 0.1) is 7.11 Å². The Balaban J connectivity index is 1.33. The van der Waals surface area contributed by atoms with E-state index in [2.05, 4.69) is 5.10 Å². The summed E-state index contributed by atoms with van der Waals surface area (Å²) < 4.78 is 14.1. The molecule has 1 aliphatic carbocycles. The van der Waals surface area contributed by atoms with E-state index in [9.17, 15) is 9.59 Å². The fourth-order valence-electron chi connectivity index (χ4n) is 3.77. The van der Waals surface area contributed by atoms with Gasteiger partial charge in [-0.2, -0.15) is 5.10 Å². The average Bonchev–Trinajstić information content (AvgIpc) is 3.52. The molecule has 2 aromatic rings. The number of likely N-dealkylation sites (tertiary alicyclic amines) is 1. The highest BCUT2D eigenvalue weighted by Crippen LogP contribution is 2.37. The van der Waals surface area contributed by atoms with E-state index < -0.39 is 0 Å². The lowest BCUT2D eigenvalue weighted by Gasteiger charge is -2.31. The molecule has 0 bridgehead atoms. The third kappa shape index (κ3) is 3.76. The average molecular weight is 386 g/mol. The summed E-state index contributed by atoms with van der Waals surface area (Å²) in [7, 11) is 3.30. The highest BCUT2D eigenvalue weighted by molar-refractivity contribution is 5.77. The quantitative estimate of drug-likeness (QED) is 0.755. The zero-order valence-electron chi connectivity index (χ0n) is 16.3. The van der Waals surface area contributed by atoms with Crippen LogP contribution in [0, 0.1) is 0 Å². The largest absolute Gasteiger partial charge is 0.497 e. The lowest BCUT2D eigenvalue weighted by molar-refractivity contribution is -0.134. The smallest absolute Gasteiger partial charge is 0.345 e. The number of aryl methyl sites for hydroxylation is 1. The van der Waals surface area contributed by atoms with Crippen LogP contribution in [-0.4, -0.2) is 52.0 Å². The summed E-state index contributed by atoms with van der Waals surface area (Å²) >= 11 is 0. The van der Waals surface area contributed by atoms with Gasteiger partial charge in [-0.05, 0) is 37.8 Å². The molecule has 0 atom stereocenters. The summed E-state index contributed by atoms with van der Waals surface area (Å²) in [6.45, 7) is 1.31. The number of carbonyl (C=O) groups is 1. The minimum Gasteiger partial charge on any atom is -0.497 e. The van der Waals surface area contributed by atoms with Crippen molar-refractivity contribution in [2.24, 2.45) is 7.05 Å². The third-order valence-corrected chi connectivity index (χ3v) is 5.51. The number of hydrogen-bond donors (Lipinski definition) is 0. The first-order valence-electron chi connectivity index (χ1n) is 9.77. The topological polar surface area (TPSA) is 78.6 Å². The number of hydrogen-bond acceptors (Lipinski definition) is 5. The number of piperidine rings is 1. The molecule has 1 aliphatic heterocycles. The number of ether oxygens (including phenoxy) is 2. The fraction of sp³-hybridized carbons (Fsp3) is 0.550. The van der Waals surface area contributed by atoms with Crippen molar-refractivity contribution >= 4 is 5.91 Å². The van der Waals surface area contributed by atoms with Crippen LogP contribution in [0.15, 0.2) is 29.1 Å². The second-order valence-corrected chi connectivity index (χ2v) is 7.49. The predicted octanol–water partition coefficient (Wildman–Crippen LogP) is 1.71. The summed E-state index contributed by atoms with van der Waals surface area (Å²) in [5, 5.41) is 4.48. The van der Waals surface area contributed by atoms with E-state index in [1.165, 1.54) is 4.68 Å². The molecule has 2 fully saturated rings. The molecule has 1 aromatic carbocycles. The highest BCUT2D eigenvalue weighted by Gasteiger charge is 2.34. The fourth-order valence-corrected chi connectivity index (χ4v) is 3.77. The number of amides is 1. The van der Waals surface area contributed by atoms with Crippen LogP contribution in [0.1, 0.15) is 43.5 Å². The van der Waals surface area contributed by atoms with Crippen LogP contribution >= 0.6 is 0 Å². The molecule has 0 N–H and O–H groups in total. The molecule has 2 heterocycles. The van der Waals surface area contributed by atoms with Gasteiger partial charge in [-0.3, -0.25) is 9.36 Å². The van der Waals surface area contributed by atoms with Crippen LogP contribution in [0.25, 0.3) is 0 Å². The standard InChI is InChI=1S/C20H26N4O4/c1-22-20(26)24(15-6-7-15)19(21-22)14-8-10-23(11-9-14)18(25)13-28-17-5-3-4-16(12-17)27-2/h3-5,12,14-15H,6-11,13H2,1-2H3. The number of methoxy groups -OCH3 is 1. The maximum atomic E-state index is 12.5. The normalized spacial score (nSPS) is 17.6. The Morgan fingerprint density at radius 3 is 2.57 bits per heavy atom. The van der Waals surface area contributed by atoms with Gasteiger partial charge >= 0.3 is 5.69 Å². The molecule has 1 aromatic heterocycles. The molecule has 0 spiro atoms. The molecule has 1 saturated heterocycles. The molecular formula is C20H26N4O4. The summed E-state index contributed by atoms with van der Waals surface area (Å²) in [5.41, 5.74) is -0.0253. The molecule has 4 rings (SSSR count). The van der Waals surface area contributed by atoms with Crippen LogP contribution in [-0.2, 0) is 11.8 Å². The Morgan fingerprint density at radius 1 is 1.18 bits per heavy atom.